The van der Waals surface area contributed by atoms with Gasteiger partial charge in [0.25, 0.3) is 0 Å². The highest BCUT2D eigenvalue weighted by atomic mass is 32.2. The summed E-state index contributed by atoms with van der Waals surface area (Å²) in [6.07, 6.45) is -1.02. The average molecular weight is 266 g/mol. The molecule has 0 fully saturated rings. The molecule has 0 N–H and O–H groups in total. The zero-order valence-electron chi connectivity index (χ0n) is 9.45. The van der Waals surface area contributed by atoms with Crippen molar-refractivity contribution in [1.29, 1.82) is 0 Å². The van der Waals surface area contributed by atoms with Crippen LogP contribution in [0.2, 0.25) is 0 Å². The summed E-state index contributed by atoms with van der Waals surface area (Å²) in [7, 11) is 0.542. The standard InChI is InChI=1S/C10H13F3N2OS/c1-7-9(5-15-16-2)17(6-14-7)4-3-8(11)10(12)13/h5-6,17H,3-4H2,1-2H3/b15-5+. The molecule has 0 aliphatic carbocycles. The Balaban J connectivity index is 2.64. The van der Waals surface area contributed by atoms with E-state index < -0.39 is 22.8 Å². The lowest BCUT2D eigenvalue weighted by Gasteiger charge is -2.12. The maximum Gasteiger partial charge on any atom is 0.301 e. The van der Waals surface area contributed by atoms with E-state index in [-0.39, 0.29) is 6.42 Å². The van der Waals surface area contributed by atoms with Gasteiger partial charge in [0.1, 0.15) is 7.11 Å². The van der Waals surface area contributed by atoms with Crippen LogP contribution in [0.25, 0.3) is 0 Å². The largest absolute Gasteiger partial charge is 0.399 e. The molecule has 0 aromatic rings. The van der Waals surface area contributed by atoms with Gasteiger partial charge < -0.3 is 4.84 Å². The van der Waals surface area contributed by atoms with Crippen molar-refractivity contribution >= 4 is 22.7 Å². The van der Waals surface area contributed by atoms with Crippen molar-refractivity contribution < 1.29 is 18.0 Å². The van der Waals surface area contributed by atoms with Crippen LogP contribution in [0.15, 0.2) is 32.7 Å². The maximum atomic E-state index is 12.7. The second kappa shape index (κ2) is 6.48. The Morgan fingerprint density at radius 3 is 2.82 bits per heavy atom. The second-order valence-corrected chi connectivity index (χ2v) is 5.34. The SMILES string of the molecule is CO/N=C/C1=C(C)N=C[SH]1CCC(F)=C(F)F. The number of hydrogen-bond acceptors (Lipinski definition) is 3. The molecule has 0 saturated heterocycles. The van der Waals surface area contributed by atoms with Crippen LogP contribution in [0.4, 0.5) is 13.2 Å². The zero-order valence-corrected chi connectivity index (χ0v) is 10.3. The molecule has 1 aliphatic rings. The van der Waals surface area contributed by atoms with Crippen molar-refractivity contribution in [2.24, 2.45) is 10.1 Å². The molecular formula is C10H13F3N2OS. The highest BCUT2D eigenvalue weighted by molar-refractivity contribution is 8.32. The third-order valence-corrected chi connectivity index (χ3v) is 4.29. The second-order valence-electron chi connectivity index (χ2n) is 3.24. The minimum atomic E-state index is -2.25. The van der Waals surface area contributed by atoms with Crippen molar-refractivity contribution in [2.75, 3.05) is 12.9 Å². The molecule has 1 rings (SSSR count). The van der Waals surface area contributed by atoms with Gasteiger partial charge in [0.05, 0.1) is 11.9 Å². The van der Waals surface area contributed by atoms with Gasteiger partial charge in [0.2, 0.25) is 0 Å². The molecule has 0 radical (unpaired) electrons. The first-order valence-corrected chi connectivity index (χ1v) is 6.43. The number of rotatable bonds is 5. The number of halogens is 3. The topological polar surface area (TPSA) is 34.0 Å². The highest BCUT2D eigenvalue weighted by Crippen LogP contribution is 2.40. The summed E-state index contributed by atoms with van der Waals surface area (Å²) in [4.78, 5) is 9.46. The summed E-state index contributed by atoms with van der Waals surface area (Å²) in [6, 6.07) is 0. The smallest absolute Gasteiger partial charge is 0.301 e. The fraction of sp³-hybridized carbons (Fsp3) is 0.400. The van der Waals surface area contributed by atoms with E-state index in [4.69, 9.17) is 0 Å². The van der Waals surface area contributed by atoms with Crippen molar-refractivity contribution in [3.8, 4) is 0 Å². The number of nitrogens with zero attached hydrogens (tertiary/aromatic N) is 2. The Labute approximate surface area is 100 Å². The maximum absolute atomic E-state index is 12.7. The van der Waals surface area contributed by atoms with Crippen LogP contribution in [-0.2, 0) is 4.84 Å². The van der Waals surface area contributed by atoms with Gasteiger partial charge in [-0.05, 0) is 12.7 Å². The summed E-state index contributed by atoms with van der Waals surface area (Å²) in [5.74, 6) is -1.06. The van der Waals surface area contributed by atoms with E-state index in [0.717, 1.165) is 10.6 Å². The van der Waals surface area contributed by atoms with Gasteiger partial charge in [0, 0.05) is 16.9 Å². The third kappa shape index (κ3) is 3.92. The Bertz CT molecular complexity index is 400. The van der Waals surface area contributed by atoms with Crippen LogP contribution >= 0.6 is 10.9 Å². The van der Waals surface area contributed by atoms with Crippen LogP contribution in [0.1, 0.15) is 13.3 Å². The summed E-state index contributed by atoms with van der Waals surface area (Å²) >= 11 is 0. The van der Waals surface area contributed by atoms with Crippen molar-refractivity contribution in [3.05, 3.63) is 22.5 Å². The molecule has 1 atom stereocenters. The van der Waals surface area contributed by atoms with Crippen LogP contribution in [-0.4, -0.2) is 24.6 Å². The number of thiol groups is 1. The highest BCUT2D eigenvalue weighted by Gasteiger charge is 2.16. The Morgan fingerprint density at radius 2 is 2.24 bits per heavy atom. The molecule has 3 nitrogen and oxygen atoms in total. The molecule has 0 saturated carbocycles. The first-order chi connectivity index (χ1) is 8.06. The molecular weight excluding hydrogens is 253 g/mol. The fourth-order valence-electron chi connectivity index (χ4n) is 1.25. The predicted molar refractivity (Wildman–Crippen MR) is 65.5 cm³/mol. The van der Waals surface area contributed by atoms with Crippen LogP contribution in [0, 0.1) is 0 Å². The molecule has 0 aromatic heterocycles. The monoisotopic (exact) mass is 266 g/mol. The average Bonchev–Trinajstić information content (AvgIpc) is 2.64. The number of allylic oxidation sites excluding steroid dienone is 3. The molecule has 7 heteroatoms. The first-order valence-electron chi connectivity index (χ1n) is 4.84. The van der Waals surface area contributed by atoms with Gasteiger partial charge in [-0.3, -0.25) is 4.99 Å². The minimum absolute atomic E-state index is 0.280. The third-order valence-electron chi connectivity index (χ3n) is 2.13. The van der Waals surface area contributed by atoms with Crippen molar-refractivity contribution in [3.63, 3.8) is 0 Å². The predicted octanol–water partition coefficient (Wildman–Crippen LogP) is 3.36. The lowest BCUT2D eigenvalue weighted by molar-refractivity contribution is 0.215. The van der Waals surface area contributed by atoms with Crippen molar-refractivity contribution in [1.82, 2.24) is 0 Å². The van der Waals surface area contributed by atoms with Crippen LogP contribution < -0.4 is 0 Å². The van der Waals surface area contributed by atoms with Crippen LogP contribution in [0.3, 0.4) is 0 Å². The van der Waals surface area contributed by atoms with Gasteiger partial charge in [-0.2, -0.15) is 19.7 Å². The fourth-order valence-corrected chi connectivity index (χ4v) is 3.15. The molecule has 0 aromatic carbocycles. The molecule has 17 heavy (non-hydrogen) atoms. The normalized spacial score (nSPS) is 21.4. The van der Waals surface area contributed by atoms with Crippen LogP contribution in [0.5, 0.6) is 0 Å². The quantitative estimate of drug-likeness (QED) is 0.462. The van der Waals surface area contributed by atoms with Crippen molar-refractivity contribution in [2.45, 2.75) is 13.3 Å². The van der Waals surface area contributed by atoms with E-state index >= 15 is 0 Å². The number of oxime groups is 1. The molecule has 0 bridgehead atoms. The Hall–Kier alpha value is -1.24. The number of aliphatic imine (C=N–C) groups is 1. The van der Waals surface area contributed by atoms with Gasteiger partial charge in [0.15, 0.2) is 5.83 Å². The Kier molecular flexibility index (Phi) is 5.27. The first kappa shape index (κ1) is 13.8. The molecule has 96 valence electrons. The van der Waals surface area contributed by atoms with Gasteiger partial charge in [-0.15, -0.1) is 0 Å². The molecule has 0 spiro atoms. The Morgan fingerprint density at radius 1 is 1.53 bits per heavy atom. The lowest BCUT2D eigenvalue weighted by Crippen LogP contribution is -1.95. The van der Waals surface area contributed by atoms with Gasteiger partial charge >= 0.3 is 6.08 Å². The van der Waals surface area contributed by atoms with E-state index in [0.29, 0.717) is 5.75 Å². The summed E-state index contributed by atoms with van der Waals surface area (Å²) in [6.45, 7) is 1.79. The molecule has 1 aliphatic heterocycles. The van der Waals surface area contributed by atoms with E-state index in [1.807, 2.05) is 0 Å². The minimum Gasteiger partial charge on any atom is -0.399 e. The zero-order chi connectivity index (χ0) is 12.8. The summed E-state index contributed by atoms with van der Waals surface area (Å²) < 4.78 is 36.5. The summed E-state index contributed by atoms with van der Waals surface area (Å²) in [5.41, 5.74) is 2.44. The van der Waals surface area contributed by atoms with Gasteiger partial charge in [-0.1, -0.05) is 5.16 Å². The summed E-state index contributed by atoms with van der Waals surface area (Å²) in [5, 5.41) is 3.62. The van der Waals surface area contributed by atoms with E-state index in [1.54, 1.807) is 12.5 Å². The van der Waals surface area contributed by atoms with E-state index in [9.17, 15) is 13.2 Å². The molecule has 1 heterocycles. The lowest BCUT2D eigenvalue weighted by atomic mass is 10.4. The molecule has 1 unspecified atom stereocenters. The van der Waals surface area contributed by atoms with E-state index in [2.05, 4.69) is 15.0 Å². The van der Waals surface area contributed by atoms with Gasteiger partial charge in [-0.25, -0.2) is 4.39 Å². The number of hydrogen-bond donors (Lipinski definition) is 1. The van der Waals surface area contributed by atoms with E-state index in [1.165, 1.54) is 13.3 Å². The molecule has 0 amide bonds.